The van der Waals surface area contributed by atoms with Gasteiger partial charge in [-0.1, -0.05) is 45.7 Å². The molecule has 0 aliphatic rings. The van der Waals surface area contributed by atoms with Crippen molar-refractivity contribution in [2.75, 3.05) is 5.33 Å². The van der Waals surface area contributed by atoms with E-state index in [2.05, 4.69) is 28.1 Å². The largest absolute Gasteiger partial charge is 0.139 e. The standard InChI is InChI=1S/C10H8BrClS/c11-6-5-9-10(12)7-3-1-2-4-8(7)13-9/h1-4H,5-6H2. The van der Waals surface area contributed by atoms with Crippen molar-refractivity contribution in [2.45, 2.75) is 6.42 Å². The Morgan fingerprint density at radius 3 is 2.77 bits per heavy atom. The van der Waals surface area contributed by atoms with Crippen LogP contribution in [0.3, 0.4) is 0 Å². The number of hydrogen-bond acceptors (Lipinski definition) is 1. The molecule has 0 N–H and O–H groups in total. The summed E-state index contributed by atoms with van der Waals surface area (Å²) < 4.78 is 1.28. The summed E-state index contributed by atoms with van der Waals surface area (Å²) in [6, 6.07) is 8.27. The van der Waals surface area contributed by atoms with Gasteiger partial charge in [0.15, 0.2) is 0 Å². The summed E-state index contributed by atoms with van der Waals surface area (Å²) in [7, 11) is 0. The molecule has 2 rings (SSSR count). The van der Waals surface area contributed by atoms with Crippen molar-refractivity contribution in [3.05, 3.63) is 34.2 Å². The molecule has 1 aromatic heterocycles. The van der Waals surface area contributed by atoms with Gasteiger partial charge in [-0.2, -0.15) is 0 Å². The molecule has 0 saturated heterocycles. The Bertz CT molecular complexity index is 422. The Kier molecular flexibility index (Phi) is 2.92. The molecule has 13 heavy (non-hydrogen) atoms. The highest BCUT2D eigenvalue weighted by atomic mass is 79.9. The molecule has 0 atom stereocenters. The summed E-state index contributed by atoms with van der Waals surface area (Å²) in [5.41, 5.74) is 0. The van der Waals surface area contributed by atoms with Gasteiger partial charge in [-0.05, 0) is 12.5 Å². The highest BCUT2D eigenvalue weighted by molar-refractivity contribution is 9.09. The number of aryl methyl sites for hydroxylation is 1. The Labute approximate surface area is 94.7 Å². The summed E-state index contributed by atoms with van der Waals surface area (Å²) in [4.78, 5) is 1.28. The molecule has 2 aromatic rings. The van der Waals surface area contributed by atoms with Gasteiger partial charge in [-0.15, -0.1) is 11.3 Å². The second-order valence-corrected chi connectivity index (χ2v) is 5.08. The minimum atomic E-state index is 0.931. The summed E-state index contributed by atoms with van der Waals surface area (Å²) >= 11 is 11.4. The third-order valence-corrected chi connectivity index (χ3v) is 4.09. The Morgan fingerprint density at radius 1 is 1.31 bits per heavy atom. The maximum atomic E-state index is 6.23. The van der Waals surface area contributed by atoms with Crippen LogP contribution in [0.4, 0.5) is 0 Å². The van der Waals surface area contributed by atoms with Crippen molar-refractivity contribution in [2.24, 2.45) is 0 Å². The minimum Gasteiger partial charge on any atom is -0.139 e. The molecule has 1 heterocycles. The molecule has 0 spiro atoms. The molecule has 1 aromatic carbocycles. The van der Waals surface area contributed by atoms with Crippen molar-refractivity contribution < 1.29 is 0 Å². The van der Waals surface area contributed by atoms with Crippen LogP contribution in [0, 0.1) is 0 Å². The lowest BCUT2D eigenvalue weighted by atomic mass is 10.2. The van der Waals surface area contributed by atoms with Crippen LogP contribution >= 0.6 is 38.9 Å². The normalized spacial score (nSPS) is 10.9. The van der Waals surface area contributed by atoms with Crippen LogP contribution in [-0.4, -0.2) is 5.33 Å². The Hall–Kier alpha value is -0.0500. The van der Waals surface area contributed by atoms with E-state index >= 15 is 0 Å². The second kappa shape index (κ2) is 3.99. The predicted octanol–water partition coefficient (Wildman–Crippen LogP) is 4.49. The number of thiophene rings is 1. The minimum absolute atomic E-state index is 0.931. The van der Waals surface area contributed by atoms with E-state index in [-0.39, 0.29) is 0 Å². The zero-order valence-electron chi connectivity index (χ0n) is 6.89. The lowest BCUT2D eigenvalue weighted by Gasteiger charge is -1.91. The van der Waals surface area contributed by atoms with Crippen molar-refractivity contribution >= 4 is 49.0 Å². The first-order chi connectivity index (χ1) is 6.33. The lowest BCUT2D eigenvalue weighted by molar-refractivity contribution is 1.22. The van der Waals surface area contributed by atoms with Gasteiger partial charge in [0.05, 0.1) is 5.02 Å². The molecular formula is C10H8BrClS. The molecule has 0 nitrogen and oxygen atoms in total. The van der Waals surface area contributed by atoms with Gasteiger partial charge in [-0.3, -0.25) is 0 Å². The van der Waals surface area contributed by atoms with Gasteiger partial charge >= 0.3 is 0 Å². The average Bonchev–Trinajstić information content (AvgIpc) is 2.46. The van der Waals surface area contributed by atoms with Crippen LogP contribution in [0.2, 0.25) is 5.02 Å². The molecule has 0 fully saturated rings. The number of benzene rings is 1. The third-order valence-electron chi connectivity index (χ3n) is 1.92. The summed E-state index contributed by atoms with van der Waals surface area (Å²) in [6.07, 6.45) is 1.01. The number of halogens is 2. The van der Waals surface area contributed by atoms with E-state index in [0.29, 0.717) is 0 Å². The molecule has 68 valence electrons. The monoisotopic (exact) mass is 274 g/mol. The van der Waals surface area contributed by atoms with E-state index in [1.54, 1.807) is 11.3 Å². The zero-order valence-corrected chi connectivity index (χ0v) is 10.0. The summed E-state index contributed by atoms with van der Waals surface area (Å²) in [5.74, 6) is 0. The van der Waals surface area contributed by atoms with Crippen molar-refractivity contribution in [1.82, 2.24) is 0 Å². The molecular weight excluding hydrogens is 268 g/mol. The molecule has 0 bridgehead atoms. The van der Waals surface area contributed by atoms with Gasteiger partial charge in [0, 0.05) is 20.3 Å². The third kappa shape index (κ3) is 1.76. The van der Waals surface area contributed by atoms with Gasteiger partial charge < -0.3 is 0 Å². The molecule has 0 aliphatic carbocycles. The Morgan fingerprint density at radius 2 is 2.08 bits per heavy atom. The molecule has 3 heteroatoms. The van der Waals surface area contributed by atoms with E-state index in [0.717, 1.165) is 16.8 Å². The van der Waals surface area contributed by atoms with Crippen molar-refractivity contribution in [3.8, 4) is 0 Å². The van der Waals surface area contributed by atoms with E-state index in [1.165, 1.54) is 15.0 Å². The lowest BCUT2D eigenvalue weighted by Crippen LogP contribution is -1.79. The van der Waals surface area contributed by atoms with Gasteiger partial charge in [0.2, 0.25) is 0 Å². The van der Waals surface area contributed by atoms with Crippen LogP contribution in [-0.2, 0) is 6.42 Å². The first kappa shape index (κ1) is 9.50. The first-order valence-electron chi connectivity index (χ1n) is 4.05. The summed E-state index contributed by atoms with van der Waals surface area (Å²) in [6.45, 7) is 0. The number of alkyl halides is 1. The fraction of sp³-hybridized carbons (Fsp3) is 0.200. The number of rotatable bonds is 2. The molecule has 0 radical (unpaired) electrons. The average molecular weight is 276 g/mol. The van der Waals surface area contributed by atoms with Crippen molar-refractivity contribution in [1.29, 1.82) is 0 Å². The van der Waals surface area contributed by atoms with Gasteiger partial charge in [-0.25, -0.2) is 0 Å². The quantitative estimate of drug-likeness (QED) is 0.708. The number of hydrogen-bond donors (Lipinski definition) is 0. The molecule has 0 amide bonds. The maximum absolute atomic E-state index is 6.23. The zero-order chi connectivity index (χ0) is 9.26. The van der Waals surface area contributed by atoms with E-state index in [9.17, 15) is 0 Å². The topological polar surface area (TPSA) is 0 Å². The van der Waals surface area contributed by atoms with Crippen LogP contribution in [0.15, 0.2) is 24.3 Å². The van der Waals surface area contributed by atoms with E-state index < -0.39 is 0 Å². The van der Waals surface area contributed by atoms with Gasteiger partial charge in [0.25, 0.3) is 0 Å². The maximum Gasteiger partial charge on any atom is 0.0624 e. The van der Waals surface area contributed by atoms with E-state index in [1.807, 2.05) is 12.1 Å². The van der Waals surface area contributed by atoms with Crippen LogP contribution in [0.1, 0.15) is 4.88 Å². The van der Waals surface area contributed by atoms with Crippen LogP contribution in [0.5, 0.6) is 0 Å². The SMILES string of the molecule is Clc1c(CCBr)sc2ccccc12. The Balaban J connectivity index is 2.60. The number of fused-ring (bicyclic) bond motifs is 1. The first-order valence-corrected chi connectivity index (χ1v) is 6.36. The smallest absolute Gasteiger partial charge is 0.0624 e. The molecule has 0 saturated carbocycles. The predicted molar refractivity (Wildman–Crippen MR) is 64.3 cm³/mol. The summed E-state index contributed by atoms with van der Waals surface area (Å²) in [5, 5.41) is 3.09. The molecule has 0 unspecified atom stereocenters. The second-order valence-electron chi connectivity index (χ2n) is 2.77. The fourth-order valence-corrected chi connectivity index (χ4v) is 3.50. The highest BCUT2D eigenvalue weighted by Gasteiger charge is 2.08. The van der Waals surface area contributed by atoms with Crippen molar-refractivity contribution in [3.63, 3.8) is 0 Å². The van der Waals surface area contributed by atoms with Crippen LogP contribution in [0.25, 0.3) is 10.1 Å². The van der Waals surface area contributed by atoms with Crippen LogP contribution < -0.4 is 0 Å². The van der Waals surface area contributed by atoms with E-state index in [4.69, 9.17) is 11.6 Å². The van der Waals surface area contributed by atoms with Gasteiger partial charge in [0.1, 0.15) is 0 Å². The fourth-order valence-electron chi connectivity index (χ4n) is 1.31. The molecule has 0 aliphatic heterocycles. The highest BCUT2D eigenvalue weighted by Crippen LogP contribution is 2.35.